The van der Waals surface area contributed by atoms with E-state index in [1.165, 1.54) is 0 Å². The van der Waals surface area contributed by atoms with Crippen molar-refractivity contribution in [2.45, 2.75) is 6.92 Å². The predicted molar refractivity (Wildman–Crippen MR) is 104 cm³/mol. The zero-order chi connectivity index (χ0) is 18.4. The Kier molecular flexibility index (Phi) is 7.10. The van der Waals surface area contributed by atoms with E-state index in [9.17, 15) is 9.59 Å². The first-order valence-electron chi connectivity index (χ1n) is 7.05. The molecule has 0 aromatic heterocycles. The molecule has 0 bridgehead atoms. The van der Waals surface area contributed by atoms with Crippen LogP contribution in [0.2, 0.25) is 5.02 Å². The lowest BCUT2D eigenvalue weighted by Gasteiger charge is -2.12. The van der Waals surface area contributed by atoms with E-state index in [0.717, 1.165) is 14.5 Å². The van der Waals surface area contributed by atoms with Crippen LogP contribution in [0.3, 0.4) is 0 Å². The van der Waals surface area contributed by atoms with Crippen LogP contribution in [0.5, 0.6) is 5.75 Å². The van der Waals surface area contributed by atoms with E-state index in [1.54, 1.807) is 24.3 Å². The fourth-order valence-corrected chi connectivity index (χ4v) is 3.55. The highest BCUT2D eigenvalue weighted by Gasteiger charge is 2.10. The van der Waals surface area contributed by atoms with Crippen molar-refractivity contribution in [3.63, 3.8) is 0 Å². The quantitative estimate of drug-likeness (QED) is 0.555. The summed E-state index contributed by atoms with van der Waals surface area (Å²) in [5, 5.41) is 3.11. The third-order valence-electron chi connectivity index (χ3n) is 2.96. The van der Waals surface area contributed by atoms with Crippen LogP contribution in [-0.2, 0) is 4.79 Å². The molecule has 0 atom stereocenters. The molecule has 9 heteroatoms. The summed E-state index contributed by atoms with van der Waals surface area (Å²) in [6.07, 6.45) is 0. The van der Waals surface area contributed by atoms with Crippen LogP contribution in [0.15, 0.2) is 45.3 Å². The number of hydrogen-bond donors (Lipinski definition) is 3. The molecule has 3 amide bonds. The number of hydrazine groups is 1. The van der Waals surface area contributed by atoms with Crippen LogP contribution in [-0.4, -0.2) is 18.5 Å². The molecule has 0 aliphatic heterocycles. The first kappa shape index (κ1) is 19.6. The number of rotatable bonds is 4. The summed E-state index contributed by atoms with van der Waals surface area (Å²) in [5.74, 6) is 0.0597. The number of aryl methyl sites for hydroxylation is 1. The number of hydrogen-bond acceptors (Lipinski definition) is 3. The van der Waals surface area contributed by atoms with Crippen LogP contribution in [0, 0.1) is 6.92 Å². The third kappa shape index (κ3) is 6.22. The lowest BCUT2D eigenvalue weighted by atomic mass is 10.2. The maximum Gasteiger partial charge on any atom is 0.337 e. The average Bonchev–Trinajstić information content (AvgIpc) is 2.54. The van der Waals surface area contributed by atoms with Crippen molar-refractivity contribution in [3.05, 3.63) is 55.9 Å². The SMILES string of the molecule is Cc1cc(Br)cc(Br)c1OCC(=O)NNC(=O)Nc1ccc(Cl)cc1. The standard InChI is InChI=1S/C16H14Br2ClN3O3/c1-9-6-10(17)7-13(18)15(9)25-8-14(23)21-22-16(24)20-12-4-2-11(19)3-5-12/h2-7H,8H2,1H3,(H,21,23)(H2,20,22,24). The van der Waals surface area contributed by atoms with Crippen molar-refractivity contribution in [1.29, 1.82) is 0 Å². The molecule has 0 radical (unpaired) electrons. The molecule has 2 aromatic carbocycles. The van der Waals surface area contributed by atoms with Gasteiger partial charge in [0.05, 0.1) is 4.47 Å². The van der Waals surface area contributed by atoms with E-state index in [1.807, 2.05) is 19.1 Å². The normalized spacial score (nSPS) is 10.1. The molecule has 0 saturated heterocycles. The number of benzene rings is 2. The average molecular weight is 492 g/mol. The molecule has 6 nitrogen and oxygen atoms in total. The van der Waals surface area contributed by atoms with Crippen molar-refractivity contribution in [2.75, 3.05) is 11.9 Å². The van der Waals surface area contributed by atoms with Crippen molar-refractivity contribution in [3.8, 4) is 5.75 Å². The summed E-state index contributed by atoms with van der Waals surface area (Å²) < 4.78 is 7.10. The maximum absolute atomic E-state index is 11.8. The van der Waals surface area contributed by atoms with Gasteiger partial charge in [0.2, 0.25) is 0 Å². The number of carbonyl (C=O) groups excluding carboxylic acids is 2. The minimum absolute atomic E-state index is 0.248. The number of anilines is 1. The van der Waals surface area contributed by atoms with Gasteiger partial charge in [-0.3, -0.25) is 10.2 Å². The first-order chi connectivity index (χ1) is 11.8. The molecule has 0 aliphatic rings. The highest BCUT2D eigenvalue weighted by molar-refractivity contribution is 9.11. The highest BCUT2D eigenvalue weighted by atomic mass is 79.9. The van der Waals surface area contributed by atoms with Gasteiger partial charge in [0.1, 0.15) is 5.75 Å². The Bertz CT molecular complexity index is 762. The minimum atomic E-state index is -0.586. The van der Waals surface area contributed by atoms with Gasteiger partial charge < -0.3 is 10.1 Å². The van der Waals surface area contributed by atoms with Crippen LogP contribution >= 0.6 is 43.5 Å². The second-order valence-electron chi connectivity index (χ2n) is 4.96. The van der Waals surface area contributed by atoms with E-state index >= 15 is 0 Å². The minimum Gasteiger partial charge on any atom is -0.482 e. The smallest absolute Gasteiger partial charge is 0.337 e. The summed E-state index contributed by atoms with van der Waals surface area (Å²) in [6, 6.07) is 9.66. The molecule has 3 N–H and O–H groups in total. The number of amides is 3. The molecule has 25 heavy (non-hydrogen) atoms. The van der Waals surface area contributed by atoms with Crippen molar-refractivity contribution in [1.82, 2.24) is 10.9 Å². The second kappa shape index (κ2) is 9.07. The van der Waals surface area contributed by atoms with Gasteiger partial charge in [0.25, 0.3) is 5.91 Å². The molecule has 0 spiro atoms. The van der Waals surface area contributed by atoms with E-state index in [2.05, 4.69) is 48.0 Å². The fraction of sp³-hybridized carbons (Fsp3) is 0.125. The third-order valence-corrected chi connectivity index (χ3v) is 4.26. The largest absolute Gasteiger partial charge is 0.482 e. The summed E-state index contributed by atoms with van der Waals surface area (Å²) in [5.41, 5.74) is 5.90. The Hall–Kier alpha value is -1.77. The van der Waals surface area contributed by atoms with Gasteiger partial charge in [-0.05, 0) is 64.8 Å². The molecule has 0 saturated carbocycles. The van der Waals surface area contributed by atoms with E-state index in [0.29, 0.717) is 16.5 Å². The van der Waals surface area contributed by atoms with Gasteiger partial charge >= 0.3 is 6.03 Å². The van der Waals surface area contributed by atoms with Gasteiger partial charge in [-0.1, -0.05) is 27.5 Å². The topological polar surface area (TPSA) is 79.5 Å². The Morgan fingerprint density at radius 1 is 1.12 bits per heavy atom. The molecule has 0 heterocycles. The Labute approximate surface area is 166 Å². The van der Waals surface area contributed by atoms with Crippen LogP contribution in [0.1, 0.15) is 5.56 Å². The Balaban J connectivity index is 1.79. The van der Waals surface area contributed by atoms with Crippen molar-refractivity contribution >= 4 is 61.1 Å². The Morgan fingerprint density at radius 2 is 1.80 bits per heavy atom. The number of halogens is 3. The summed E-state index contributed by atoms with van der Waals surface area (Å²) in [4.78, 5) is 23.5. The lowest BCUT2D eigenvalue weighted by Crippen LogP contribution is -2.45. The number of nitrogens with one attached hydrogen (secondary N) is 3. The zero-order valence-corrected chi connectivity index (χ0v) is 17.0. The summed E-state index contributed by atoms with van der Waals surface area (Å²) in [6.45, 7) is 1.61. The first-order valence-corrected chi connectivity index (χ1v) is 9.01. The van der Waals surface area contributed by atoms with Crippen LogP contribution < -0.4 is 20.9 Å². The predicted octanol–water partition coefficient (Wildman–Crippen LogP) is 4.41. The second-order valence-corrected chi connectivity index (χ2v) is 7.16. The molecule has 2 rings (SSSR count). The van der Waals surface area contributed by atoms with Crippen LogP contribution in [0.25, 0.3) is 0 Å². The molecular formula is C16H14Br2ClN3O3. The van der Waals surface area contributed by atoms with Gasteiger partial charge in [0.15, 0.2) is 6.61 Å². The molecule has 0 unspecified atom stereocenters. The summed E-state index contributed by atoms with van der Waals surface area (Å²) in [7, 11) is 0. The summed E-state index contributed by atoms with van der Waals surface area (Å²) >= 11 is 12.5. The van der Waals surface area contributed by atoms with Crippen LogP contribution in [0.4, 0.5) is 10.5 Å². The molecule has 0 aliphatic carbocycles. The molecule has 132 valence electrons. The maximum atomic E-state index is 11.8. The van der Waals surface area contributed by atoms with E-state index in [4.69, 9.17) is 16.3 Å². The number of carbonyl (C=O) groups is 2. The number of urea groups is 1. The Morgan fingerprint density at radius 3 is 2.44 bits per heavy atom. The molecule has 0 fully saturated rings. The van der Waals surface area contributed by atoms with Crippen molar-refractivity contribution < 1.29 is 14.3 Å². The van der Waals surface area contributed by atoms with E-state index < -0.39 is 11.9 Å². The monoisotopic (exact) mass is 489 g/mol. The molecular weight excluding hydrogens is 477 g/mol. The molecule has 2 aromatic rings. The fourth-order valence-electron chi connectivity index (χ4n) is 1.87. The number of ether oxygens (including phenoxy) is 1. The van der Waals surface area contributed by atoms with Crippen molar-refractivity contribution in [2.24, 2.45) is 0 Å². The van der Waals surface area contributed by atoms with Gasteiger partial charge in [0, 0.05) is 15.2 Å². The highest BCUT2D eigenvalue weighted by Crippen LogP contribution is 2.32. The van der Waals surface area contributed by atoms with E-state index in [-0.39, 0.29) is 6.61 Å². The van der Waals surface area contributed by atoms with Gasteiger partial charge in [-0.25, -0.2) is 10.2 Å². The van der Waals surface area contributed by atoms with Gasteiger partial charge in [-0.2, -0.15) is 0 Å². The lowest BCUT2D eigenvalue weighted by molar-refractivity contribution is -0.123. The van der Waals surface area contributed by atoms with Gasteiger partial charge in [-0.15, -0.1) is 0 Å². The zero-order valence-electron chi connectivity index (χ0n) is 13.0.